The topological polar surface area (TPSA) is 26.3 Å². The highest BCUT2D eigenvalue weighted by Crippen LogP contribution is 2.34. The van der Waals surface area contributed by atoms with Crippen LogP contribution in [0.1, 0.15) is 23.2 Å². The van der Waals surface area contributed by atoms with E-state index in [1.54, 1.807) is 12.1 Å². The molecule has 0 bridgehead atoms. The number of unbranched alkanes of at least 4 members (excludes halogenated alkanes) is 1. The van der Waals surface area contributed by atoms with Crippen molar-refractivity contribution in [2.24, 2.45) is 0 Å². The van der Waals surface area contributed by atoms with Crippen LogP contribution in [0.25, 0.3) is 0 Å². The van der Waals surface area contributed by atoms with Crippen molar-refractivity contribution in [3.8, 4) is 18.1 Å². The molecule has 0 aliphatic rings. The minimum Gasteiger partial charge on any atom is -0.491 e. The Kier molecular flexibility index (Phi) is 5.58. The molecule has 2 nitrogen and oxygen atoms in total. The van der Waals surface area contributed by atoms with Crippen LogP contribution < -0.4 is 4.74 Å². The molecular formula is C12H10Br2O2. The van der Waals surface area contributed by atoms with Gasteiger partial charge in [-0.15, -0.1) is 12.3 Å². The first-order chi connectivity index (χ1) is 7.69. The lowest BCUT2D eigenvalue weighted by atomic mass is 10.2. The Labute approximate surface area is 112 Å². The molecule has 1 aromatic carbocycles. The van der Waals surface area contributed by atoms with Gasteiger partial charge in [-0.3, -0.25) is 4.79 Å². The van der Waals surface area contributed by atoms with Crippen molar-refractivity contribution in [2.45, 2.75) is 12.8 Å². The standard InChI is InChI=1S/C12H10Br2O2/c1-2-3-4-5-16-12-10(13)6-9(8-15)7-11(12)14/h1,6-8H,3-5H2. The SMILES string of the molecule is C#CCCCOc1c(Br)cc(C=O)cc1Br. The number of carbonyl (C=O) groups is 1. The van der Waals surface area contributed by atoms with E-state index in [-0.39, 0.29) is 0 Å². The molecule has 0 atom stereocenters. The summed E-state index contributed by atoms with van der Waals surface area (Å²) in [7, 11) is 0. The van der Waals surface area contributed by atoms with E-state index < -0.39 is 0 Å². The van der Waals surface area contributed by atoms with Crippen molar-refractivity contribution in [2.75, 3.05) is 6.61 Å². The minimum atomic E-state index is 0.557. The van der Waals surface area contributed by atoms with Gasteiger partial charge in [-0.05, 0) is 50.4 Å². The summed E-state index contributed by atoms with van der Waals surface area (Å²) in [6, 6.07) is 3.43. The number of halogens is 2. The van der Waals surface area contributed by atoms with Crippen LogP contribution in [-0.2, 0) is 0 Å². The van der Waals surface area contributed by atoms with E-state index in [0.29, 0.717) is 24.3 Å². The molecule has 1 rings (SSSR count). The highest BCUT2D eigenvalue weighted by Gasteiger charge is 2.08. The second-order valence-electron chi connectivity index (χ2n) is 3.09. The third kappa shape index (κ3) is 3.66. The number of terminal acetylenes is 1. The summed E-state index contributed by atoms with van der Waals surface area (Å²) in [5.41, 5.74) is 0.592. The maximum atomic E-state index is 10.6. The Hall–Kier alpha value is -0.790. The van der Waals surface area contributed by atoms with Gasteiger partial charge in [-0.1, -0.05) is 0 Å². The van der Waals surface area contributed by atoms with Gasteiger partial charge in [0.05, 0.1) is 15.6 Å². The van der Waals surface area contributed by atoms with Crippen LogP contribution in [0.2, 0.25) is 0 Å². The Morgan fingerprint density at radius 2 is 2.00 bits per heavy atom. The van der Waals surface area contributed by atoms with Crippen LogP contribution in [0.3, 0.4) is 0 Å². The second-order valence-corrected chi connectivity index (χ2v) is 4.80. The molecule has 0 saturated heterocycles. The second kappa shape index (κ2) is 6.72. The van der Waals surface area contributed by atoms with Crippen LogP contribution >= 0.6 is 31.9 Å². The monoisotopic (exact) mass is 344 g/mol. The summed E-state index contributed by atoms with van der Waals surface area (Å²) in [6.07, 6.45) is 7.44. The van der Waals surface area contributed by atoms with E-state index in [1.807, 2.05) is 0 Å². The van der Waals surface area contributed by atoms with Gasteiger partial charge in [-0.25, -0.2) is 0 Å². The molecule has 0 fully saturated rings. The van der Waals surface area contributed by atoms with Gasteiger partial charge in [0.15, 0.2) is 0 Å². The number of rotatable bonds is 5. The van der Waals surface area contributed by atoms with E-state index in [4.69, 9.17) is 11.2 Å². The Bertz CT molecular complexity index is 399. The van der Waals surface area contributed by atoms with Crippen molar-refractivity contribution in [1.82, 2.24) is 0 Å². The van der Waals surface area contributed by atoms with Gasteiger partial charge >= 0.3 is 0 Å². The van der Waals surface area contributed by atoms with Crippen molar-refractivity contribution in [3.05, 3.63) is 26.6 Å². The first kappa shape index (κ1) is 13.3. The van der Waals surface area contributed by atoms with Gasteiger partial charge in [0.1, 0.15) is 12.0 Å². The molecule has 0 saturated carbocycles. The molecule has 0 aliphatic heterocycles. The van der Waals surface area contributed by atoms with Crippen LogP contribution in [0, 0.1) is 12.3 Å². The summed E-state index contributed by atoms with van der Waals surface area (Å²) < 4.78 is 7.07. The molecule has 84 valence electrons. The quantitative estimate of drug-likeness (QED) is 0.460. The van der Waals surface area contributed by atoms with Gasteiger partial charge in [0.2, 0.25) is 0 Å². The fraction of sp³-hybridized carbons (Fsp3) is 0.250. The summed E-state index contributed by atoms with van der Waals surface area (Å²) >= 11 is 6.71. The number of hydrogen-bond donors (Lipinski definition) is 0. The predicted octanol–water partition coefficient (Wildman–Crippen LogP) is 3.82. The van der Waals surface area contributed by atoms with Gasteiger partial charge in [0, 0.05) is 12.0 Å². The summed E-state index contributed by atoms with van der Waals surface area (Å²) in [5.74, 6) is 3.25. The highest BCUT2D eigenvalue weighted by atomic mass is 79.9. The molecule has 1 aromatic rings. The highest BCUT2D eigenvalue weighted by molar-refractivity contribution is 9.11. The van der Waals surface area contributed by atoms with E-state index in [0.717, 1.165) is 21.7 Å². The molecule has 16 heavy (non-hydrogen) atoms. The molecular weight excluding hydrogens is 336 g/mol. The molecule has 0 amide bonds. The number of aldehydes is 1. The van der Waals surface area contributed by atoms with E-state index in [9.17, 15) is 4.79 Å². The number of carbonyl (C=O) groups excluding carboxylic acids is 1. The molecule has 4 heteroatoms. The van der Waals surface area contributed by atoms with Crippen molar-refractivity contribution in [1.29, 1.82) is 0 Å². The normalized spacial score (nSPS) is 9.56. The Morgan fingerprint density at radius 1 is 1.38 bits per heavy atom. The lowest BCUT2D eigenvalue weighted by Crippen LogP contribution is -1.99. The first-order valence-corrected chi connectivity index (χ1v) is 6.28. The van der Waals surface area contributed by atoms with Crippen molar-refractivity contribution >= 4 is 38.1 Å². The fourth-order valence-corrected chi connectivity index (χ4v) is 2.58. The number of hydrogen-bond acceptors (Lipinski definition) is 2. The average molecular weight is 346 g/mol. The minimum absolute atomic E-state index is 0.557. The van der Waals surface area contributed by atoms with Gasteiger partial charge in [0.25, 0.3) is 0 Å². The molecule has 0 heterocycles. The molecule has 0 radical (unpaired) electrons. The van der Waals surface area contributed by atoms with E-state index in [1.165, 1.54) is 0 Å². The number of ether oxygens (including phenoxy) is 1. The molecule has 0 unspecified atom stereocenters. The Balaban J connectivity index is 2.73. The molecule has 0 aromatic heterocycles. The van der Waals surface area contributed by atoms with Crippen molar-refractivity contribution in [3.63, 3.8) is 0 Å². The smallest absolute Gasteiger partial charge is 0.150 e. The van der Waals surface area contributed by atoms with Crippen molar-refractivity contribution < 1.29 is 9.53 Å². The lowest BCUT2D eigenvalue weighted by Gasteiger charge is -2.10. The third-order valence-electron chi connectivity index (χ3n) is 1.87. The predicted molar refractivity (Wildman–Crippen MR) is 70.8 cm³/mol. The third-order valence-corrected chi connectivity index (χ3v) is 3.05. The summed E-state index contributed by atoms with van der Waals surface area (Å²) in [5, 5.41) is 0. The maximum Gasteiger partial charge on any atom is 0.150 e. The Morgan fingerprint density at radius 3 is 2.50 bits per heavy atom. The summed E-state index contributed by atoms with van der Waals surface area (Å²) in [4.78, 5) is 10.6. The summed E-state index contributed by atoms with van der Waals surface area (Å²) in [6.45, 7) is 0.557. The largest absolute Gasteiger partial charge is 0.491 e. The first-order valence-electron chi connectivity index (χ1n) is 4.69. The lowest BCUT2D eigenvalue weighted by molar-refractivity contribution is 0.112. The average Bonchev–Trinajstić information content (AvgIpc) is 2.26. The van der Waals surface area contributed by atoms with Crippen LogP contribution in [0.5, 0.6) is 5.75 Å². The van der Waals surface area contributed by atoms with Gasteiger partial charge in [-0.2, -0.15) is 0 Å². The molecule has 0 spiro atoms. The molecule has 0 aliphatic carbocycles. The van der Waals surface area contributed by atoms with Gasteiger partial charge < -0.3 is 4.74 Å². The van der Waals surface area contributed by atoms with E-state index in [2.05, 4.69) is 37.8 Å². The van der Waals surface area contributed by atoms with Crippen LogP contribution in [0.15, 0.2) is 21.1 Å². The fourth-order valence-electron chi connectivity index (χ4n) is 1.13. The maximum absolute atomic E-state index is 10.6. The molecule has 0 N–H and O–H groups in total. The zero-order valence-corrected chi connectivity index (χ0v) is 11.7. The van der Waals surface area contributed by atoms with Crippen LogP contribution in [-0.4, -0.2) is 12.9 Å². The van der Waals surface area contributed by atoms with E-state index >= 15 is 0 Å². The van der Waals surface area contributed by atoms with Crippen LogP contribution in [0.4, 0.5) is 0 Å². The zero-order valence-electron chi connectivity index (χ0n) is 8.50. The number of benzene rings is 1. The zero-order chi connectivity index (χ0) is 12.0.